The second kappa shape index (κ2) is 7.48. The number of para-hydroxylation sites is 1. The normalized spacial score (nSPS) is 11.4. The fourth-order valence-electron chi connectivity index (χ4n) is 2.21. The average Bonchev–Trinajstić information content (AvgIpc) is 3.27. The molecule has 0 unspecified atom stereocenters. The van der Waals surface area contributed by atoms with Gasteiger partial charge in [0, 0.05) is 12.7 Å². The van der Waals surface area contributed by atoms with Crippen LogP contribution in [0.1, 0.15) is 23.2 Å². The predicted octanol–water partition coefficient (Wildman–Crippen LogP) is 2.78. The number of nitrogens with one attached hydrogen (secondary N) is 1. The van der Waals surface area contributed by atoms with Crippen LogP contribution < -0.4 is 10.1 Å². The number of nitrogens with zero attached hydrogens (tertiary/aromatic N) is 4. The Morgan fingerprint density at radius 2 is 2.11 bits per heavy atom. The van der Waals surface area contributed by atoms with Gasteiger partial charge in [0.1, 0.15) is 5.75 Å². The van der Waals surface area contributed by atoms with Gasteiger partial charge in [-0.05, 0) is 19.1 Å². The van der Waals surface area contributed by atoms with Crippen LogP contribution in [0.4, 0.5) is 13.2 Å². The summed E-state index contributed by atoms with van der Waals surface area (Å²) >= 11 is 0. The summed E-state index contributed by atoms with van der Waals surface area (Å²) < 4.78 is 47.9. The smallest absolute Gasteiger partial charge is 0.405 e. The lowest BCUT2D eigenvalue weighted by Crippen LogP contribution is -2.25. The highest BCUT2D eigenvalue weighted by molar-refractivity contribution is 5.96. The maximum atomic E-state index is 12.4. The molecule has 142 valence electrons. The van der Waals surface area contributed by atoms with Gasteiger partial charge < -0.3 is 14.6 Å². The van der Waals surface area contributed by atoms with Crippen LogP contribution in [-0.4, -0.2) is 32.2 Å². The Balaban J connectivity index is 1.66. The van der Waals surface area contributed by atoms with Crippen LogP contribution in [0.25, 0.3) is 11.4 Å². The van der Waals surface area contributed by atoms with Crippen molar-refractivity contribution in [1.82, 2.24) is 25.2 Å². The highest BCUT2D eigenvalue weighted by Gasteiger charge is 2.32. The summed E-state index contributed by atoms with van der Waals surface area (Å²) in [5, 5.41) is 10.3. The molecule has 0 spiro atoms. The van der Waals surface area contributed by atoms with Crippen molar-refractivity contribution in [3.8, 4) is 17.1 Å². The molecule has 0 saturated heterocycles. The lowest BCUT2D eigenvalue weighted by atomic mass is 10.2. The number of aromatic nitrogens is 4. The fraction of sp³-hybridized carbons (Fsp3) is 0.250. The van der Waals surface area contributed by atoms with E-state index in [1.54, 1.807) is 17.1 Å². The summed E-state index contributed by atoms with van der Waals surface area (Å²) in [7, 11) is 0. The highest BCUT2D eigenvalue weighted by Crippen LogP contribution is 2.26. The predicted molar refractivity (Wildman–Crippen MR) is 85.5 cm³/mol. The lowest BCUT2D eigenvalue weighted by Gasteiger charge is -2.12. The van der Waals surface area contributed by atoms with Gasteiger partial charge in [0.2, 0.25) is 11.7 Å². The number of hydrogen-bond acceptors (Lipinski definition) is 6. The lowest BCUT2D eigenvalue weighted by molar-refractivity contribution is -0.274. The first-order valence-electron chi connectivity index (χ1n) is 7.84. The third-order valence-electron chi connectivity index (χ3n) is 3.44. The molecule has 0 saturated carbocycles. The average molecular weight is 381 g/mol. The summed E-state index contributed by atoms with van der Waals surface area (Å²) in [6.07, 6.45) is -1.60. The number of carbonyl (C=O) groups is 1. The van der Waals surface area contributed by atoms with Crippen molar-refractivity contribution in [1.29, 1.82) is 0 Å². The van der Waals surface area contributed by atoms with Gasteiger partial charge in [0.05, 0.1) is 23.9 Å². The molecule has 0 radical (unpaired) electrons. The van der Waals surface area contributed by atoms with E-state index >= 15 is 0 Å². The van der Waals surface area contributed by atoms with E-state index in [4.69, 9.17) is 4.52 Å². The van der Waals surface area contributed by atoms with Crippen molar-refractivity contribution in [3.05, 3.63) is 48.1 Å². The number of ether oxygens (including phenoxy) is 1. The first kappa shape index (κ1) is 18.4. The van der Waals surface area contributed by atoms with Gasteiger partial charge in [-0.1, -0.05) is 17.3 Å². The first-order chi connectivity index (χ1) is 12.9. The zero-order valence-corrected chi connectivity index (χ0v) is 14.0. The molecular weight excluding hydrogens is 367 g/mol. The van der Waals surface area contributed by atoms with E-state index in [0.29, 0.717) is 17.9 Å². The van der Waals surface area contributed by atoms with Crippen LogP contribution in [-0.2, 0) is 13.1 Å². The molecule has 3 aromatic rings. The van der Waals surface area contributed by atoms with Crippen LogP contribution in [0.3, 0.4) is 0 Å². The number of hydrogen-bond donors (Lipinski definition) is 1. The number of carbonyl (C=O) groups excluding carboxylic acids is 1. The Kier molecular flexibility index (Phi) is 5.10. The number of alkyl halides is 3. The van der Waals surface area contributed by atoms with Crippen LogP contribution in [0.2, 0.25) is 0 Å². The minimum absolute atomic E-state index is 0.0943. The quantitative estimate of drug-likeness (QED) is 0.706. The second-order valence-corrected chi connectivity index (χ2v) is 5.32. The minimum Gasteiger partial charge on any atom is -0.405 e. The van der Waals surface area contributed by atoms with E-state index in [0.717, 1.165) is 6.07 Å². The van der Waals surface area contributed by atoms with Gasteiger partial charge in [0.25, 0.3) is 5.91 Å². The summed E-state index contributed by atoms with van der Waals surface area (Å²) in [4.78, 5) is 16.3. The van der Waals surface area contributed by atoms with Crippen molar-refractivity contribution in [2.24, 2.45) is 0 Å². The molecule has 11 heteroatoms. The fourth-order valence-corrected chi connectivity index (χ4v) is 2.21. The van der Waals surface area contributed by atoms with Gasteiger partial charge in [-0.25, -0.2) is 0 Å². The van der Waals surface area contributed by atoms with Crippen molar-refractivity contribution in [2.45, 2.75) is 26.4 Å². The third kappa shape index (κ3) is 4.63. The van der Waals surface area contributed by atoms with E-state index in [1.807, 2.05) is 6.92 Å². The summed E-state index contributed by atoms with van der Waals surface area (Å²) in [6.45, 7) is 2.45. The molecule has 2 aromatic heterocycles. The molecule has 0 aliphatic carbocycles. The van der Waals surface area contributed by atoms with Crippen LogP contribution >= 0.6 is 0 Å². The number of halogens is 3. The molecule has 0 aliphatic rings. The van der Waals surface area contributed by atoms with Crippen LogP contribution in [0.15, 0.2) is 41.2 Å². The Labute approximate surface area is 150 Å². The Morgan fingerprint density at radius 1 is 1.33 bits per heavy atom. The van der Waals surface area contributed by atoms with Crippen LogP contribution in [0.5, 0.6) is 5.75 Å². The molecule has 0 atom stereocenters. The van der Waals surface area contributed by atoms with E-state index in [2.05, 4.69) is 25.3 Å². The monoisotopic (exact) mass is 381 g/mol. The van der Waals surface area contributed by atoms with E-state index in [9.17, 15) is 18.0 Å². The molecule has 2 heterocycles. The molecular formula is C16H14F3N5O3. The topological polar surface area (TPSA) is 95.1 Å². The van der Waals surface area contributed by atoms with Gasteiger partial charge >= 0.3 is 6.36 Å². The summed E-state index contributed by atoms with van der Waals surface area (Å²) in [5.41, 5.74) is 0.376. The third-order valence-corrected chi connectivity index (χ3v) is 3.44. The maximum absolute atomic E-state index is 12.4. The van der Waals surface area contributed by atoms with Crippen LogP contribution in [0, 0.1) is 0 Å². The summed E-state index contributed by atoms with van der Waals surface area (Å²) in [5.74, 6) is -0.981. The zero-order valence-electron chi connectivity index (χ0n) is 14.0. The standard InChI is InChI=1S/C16H14F3N5O3/c1-2-24-9-10(7-21-24)14-22-13(27-23-14)8-20-15(25)11-5-3-4-6-12(11)26-16(17,18)19/h3-7,9H,2,8H2,1H3,(H,20,25). The largest absolute Gasteiger partial charge is 0.573 e. The van der Waals surface area contributed by atoms with Gasteiger partial charge in [-0.2, -0.15) is 10.1 Å². The summed E-state index contributed by atoms with van der Waals surface area (Å²) in [6, 6.07) is 5.03. The number of rotatable bonds is 6. The Hall–Kier alpha value is -3.37. The number of aryl methyl sites for hydroxylation is 1. The molecule has 3 rings (SSSR count). The van der Waals surface area contributed by atoms with Gasteiger partial charge in [-0.15, -0.1) is 13.2 Å². The number of benzene rings is 1. The highest BCUT2D eigenvalue weighted by atomic mass is 19.4. The zero-order chi connectivity index (χ0) is 19.4. The molecule has 1 N–H and O–H groups in total. The molecule has 0 fully saturated rings. The number of amides is 1. The SMILES string of the molecule is CCn1cc(-c2noc(CNC(=O)c3ccccc3OC(F)(F)F)n2)cn1. The first-order valence-corrected chi connectivity index (χ1v) is 7.84. The van der Waals surface area contributed by atoms with Gasteiger partial charge in [0.15, 0.2) is 0 Å². The van der Waals surface area contributed by atoms with Crippen molar-refractivity contribution in [3.63, 3.8) is 0 Å². The van der Waals surface area contributed by atoms with E-state index < -0.39 is 18.0 Å². The molecule has 27 heavy (non-hydrogen) atoms. The Bertz CT molecular complexity index is 935. The van der Waals surface area contributed by atoms with Gasteiger partial charge in [-0.3, -0.25) is 9.48 Å². The molecule has 1 amide bonds. The minimum atomic E-state index is -4.90. The Morgan fingerprint density at radius 3 is 2.81 bits per heavy atom. The van der Waals surface area contributed by atoms with E-state index in [1.165, 1.54) is 18.2 Å². The van der Waals surface area contributed by atoms with Crippen molar-refractivity contribution >= 4 is 5.91 Å². The molecule has 1 aromatic carbocycles. The maximum Gasteiger partial charge on any atom is 0.573 e. The van der Waals surface area contributed by atoms with Crippen molar-refractivity contribution < 1.29 is 27.2 Å². The van der Waals surface area contributed by atoms with E-state index in [-0.39, 0.29) is 18.0 Å². The molecule has 0 bridgehead atoms. The van der Waals surface area contributed by atoms with Crippen molar-refractivity contribution in [2.75, 3.05) is 0 Å². The second-order valence-electron chi connectivity index (χ2n) is 5.32. The molecule has 8 nitrogen and oxygen atoms in total. The molecule has 0 aliphatic heterocycles.